The molecule has 208 valence electrons. The van der Waals surface area contributed by atoms with Crippen molar-refractivity contribution in [1.29, 1.82) is 0 Å². The van der Waals surface area contributed by atoms with Crippen molar-refractivity contribution in [1.82, 2.24) is 5.32 Å². The van der Waals surface area contributed by atoms with Crippen molar-refractivity contribution in [2.75, 3.05) is 18.6 Å². The summed E-state index contributed by atoms with van der Waals surface area (Å²) < 4.78 is 6.21. The number of ether oxygens (including phenoxy) is 1. The lowest BCUT2D eigenvalue weighted by Crippen LogP contribution is -2.41. The number of hydrogen-bond acceptors (Lipinski definition) is 4. The Balaban J connectivity index is 1.83. The van der Waals surface area contributed by atoms with Crippen LogP contribution in [0.5, 0.6) is 0 Å². The van der Waals surface area contributed by atoms with Gasteiger partial charge in [-0.3, -0.25) is 4.79 Å². The van der Waals surface area contributed by atoms with Crippen LogP contribution in [-0.4, -0.2) is 41.6 Å². The number of aliphatic carboxylic acids is 1. The van der Waals surface area contributed by atoms with E-state index in [2.05, 4.69) is 18.3 Å². The molecule has 3 aromatic carbocycles. The number of carboxylic acids is 1. The number of unbranched alkanes of at least 4 members (excludes halogenated alkanes) is 1. The smallest absolute Gasteiger partial charge is 0.326 e. The molecule has 0 fully saturated rings. The lowest BCUT2D eigenvalue weighted by Gasteiger charge is -2.20. The molecule has 5 nitrogen and oxygen atoms in total. The van der Waals surface area contributed by atoms with E-state index in [1.165, 1.54) is 0 Å². The fraction of sp³-hybridized carbons (Fsp3) is 0.375. The van der Waals surface area contributed by atoms with Gasteiger partial charge in [-0.2, -0.15) is 11.8 Å². The minimum Gasteiger partial charge on any atom is -0.480 e. The Hall–Kier alpha value is -2.80. The van der Waals surface area contributed by atoms with E-state index in [9.17, 15) is 14.7 Å². The SMILES string of the molecule is CCCCC(COCc1ccc(C(=O)NC(CCSC)C(=O)O)c(-c2ccccc2C)c1)c1ccccc1Cl. The molecule has 0 aliphatic carbocycles. The van der Waals surface area contributed by atoms with Gasteiger partial charge in [-0.1, -0.05) is 79.9 Å². The van der Waals surface area contributed by atoms with E-state index in [0.717, 1.165) is 52.1 Å². The summed E-state index contributed by atoms with van der Waals surface area (Å²) >= 11 is 8.05. The topological polar surface area (TPSA) is 75.6 Å². The van der Waals surface area contributed by atoms with E-state index >= 15 is 0 Å². The molecule has 2 atom stereocenters. The van der Waals surface area contributed by atoms with Crippen LogP contribution in [0.25, 0.3) is 11.1 Å². The summed E-state index contributed by atoms with van der Waals surface area (Å²) in [5, 5.41) is 13.1. The standard InChI is InChI=1S/C32H38ClNO4S/c1-4-5-11-24(26-13-8-9-14-29(26)33)21-38-20-23-15-16-27(28(19-23)25-12-7-6-10-22(25)2)31(35)34-30(32(36)37)17-18-39-3/h6-10,12-16,19,24,30H,4-5,11,17-18,20-21H2,1-3H3,(H,34,35)(H,36,37). The number of rotatable bonds is 15. The third-order valence-electron chi connectivity index (χ3n) is 6.82. The minimum absolute atomic E-state index is 0.203. The highest BCUT2D eigenvalue weighted by Crippen LogP contribution is 2.31. The lowest BCUT2D eigenvalue weighted by atomic mass is 9.93. The fourth-order valence-corrected chi connectivity index (χ4v) is 5.37. The zero-order valence-corrected chi connectivity index (χ0v) is 24.5. The average molecular weight is 568 g/mol. The molecule has 0 aromatic heterocycles. The molecule has 0 spiro atoms. The van der Waals surface area contributed by atoms with Gasteiger partial charge in [0.15, 0.2) is 0 Å². The number of nitrogens with one attached hydrogen (secondary N) is 1. The van der Waals surface area contributed by atoms with Gasteiger partial charge in [0.05, 0.1) is 13.2 Å². The maximum Gasteiger partial charge on any atom is 0.326 e. The van der Waals surface area contributed by atoms with Gasteiger partial charge < -0.3 is 15.2 Å². The van der Waals surface area contributed by atoms with Crippen LogP contribution in [0.3, 0.4) is 0 Å². The molecule has 0 heterocycles. The first-order valence-electron chi connectivity index (χ1n) is 13.4. The Morgan fingerprint density at radius 1 is 1.03 bits per heavy atom. The number of carbonyl (C=O) groups is 2. The van der Waals surface area contributed by atoms with Crippen molar-refractivity contribution < 1.29 is 19.4 Å². The van der Waals surface area contributed by atoms with Crippen molar-refractivity contribution in [3.8, 4) is 11.1 Å². The lowest BCUT2D eigenvalue weighted by molar-refractivity contribution is -0.139. The molecule has 0 aliphatic rings. The predicted molar refractivity (Wildman–Crippen MR) is 162 cm³/mol. The van der Waals surface area contributed by atoms with Gasteiger partial charge in [-0.15, -0.1) is 0 Å². The number of halogens is 1. The van der Waals surface area contributed by atoms with E-state index in [-0.39, 0.29) is 5.92 Å². The average Bonchev–Trinajstić information content (AvgIpc) is 2.93. The molecule has 2 unspecified atom stereocenters. The number of aryl methyl sites for hydroxylation is 1. The van der Waals surface area contributed by atoms with Gasteiger partial charge in [-0.05, 0) is 77.8 Å². The number of carboxylic acid groups (broad SMARTS) is 1. The van der Waals surface area contributed by atoms with Gasteiger partial charge in [0.25, 0.3) is 5.91 Å². The quantitative estimate of drug-likeness (QED) is 0.196. The summed E-state index contributed by atoms with van der Waals surface area (Å²) in [5.74, 6) is -0.580. The predicted octanol–water partition coefficient (Wildman–Crippen LogP) is 7.74. The van der Waals surface area contributed by atoms with Gasteiger partial charge in [0.2, 0.25) is 0 Å². The van der Waals surface area contributed by atoms with Crippen LogP contribution in [0, 0.1) is 6.92 Å². The Bertz CT molecular complexity index is 1250. The van der Waals surface area contributed by atoms with Crippen LogP contribution in [-0.2, 0) is 16.1 Å². The Kier molecular flexibility index (Phi) is 12.4. The highest BCUT2D eigenvalue weighted by atomic mass is 35.5. The molecule has 7 heteroatoms. The van der Waals surface area contributed by atoms with Gasteiger partial charge in [0, 0.05) is 16.5 Å². The van der Waals surface area contributed by atoms with Crippen LogP contribution in [0.1, 0.15) is 65.6 Å². The Morgan fingerprint density at radius 3 is 2.46 bits per heavy atom. The molecule has 0 radical (unpaired) electrons. The van der Waals surface area contributed by atoms with Crippen molar-refractivity contribution in [2.24, 2.45) is 0 Å². The van der Waals surface area contributed by atoms with E-state index in [0.29, 0.717) is 31.0 Å². The van der Waals surface area contributed by atoms with Crippen molar-refractivity contribution in [3.05, 3.63) is 94.0 Å². The third kappa shape index (κ3) is 8.85. The zero-order valence-electron chi connectivity index (χ0n) is 22.9. The number of thioether (sulfide) groups is 1. The van der Waals surface area contributed by atoms with Crippen molar-refractivity contribution >= 4 is 35.2 Å². The molecular formula is C32H38ClNO4S. The van der Waals surface area contributed by atoms with Crippen molar-refractivity contribution in [2.45, 2.75) is 58.1 Å². The molecule has 3 aromatic rings. The molecule has 0 aliphatic heterocycles. The van der Waals surface area contributed by atoms with E-state index in [4.69, 9.17) is 16.3 Å². The largest absolute Gasteiger partial charge is 0.480 e. The van der Waals surface area contributed by atoms with Gasteiger partial charge in [0.1, 0.15) is 6.04 Å². The molecule has 3 rings (SSSR count). The Morgan fingerprint density at radius 2 is 1.77 bits per heavy atom. The number of carbonyl (C=O) groups excluding carboxylic acids is 1. The van der Waals surface area contributed by atoms with Crippen LogP contribution < -0.4 is 5.32 Å². The Labute approximate surface area is 241 Å². The molecule has 0 bridgehead atoms. The summed E-state index contributed by atoms with van der Waals surface area (Å²) in [7, 11) is 0. The highest BCUT2D eigenvalue weighted by molar-refractivity contribution is 7.98. The van der Waals surface area contributed by atoms with E-state index in [1.807, 2.05) is 67.8 Å². The first-order valence-corrected chi connectivity index (χ1v) is 15.2. The monoisotopic (exact) mass is 567 g/mol. The number of amides is 1. The van der Waals surface area contributed by atoms with E-state index < -0.39 is 17.9 Å². The molecular weight excluding hydrogens is 530 g/mol. The molecule has 0 saturated heterocycles. The molecule has 39 heavy (non-hydrogen) atoms. The number of benzene rings is 3. The van der Waals surface area contributed by atoms with Crippen molar-refractivity contribution in [3.63, 3.8) is 0 Å². The first kappa shape index (κ1) is 30.7. The zero-order chi connectivity index (χ0) is 28.2. The molecule has 1 amide bonds. The molecule has 0 saturated carbocycles. The van der Waals surface area contributed by atoms with Crippen LogP contribution in [0.15, 0.2) is 66.7 Å². The van der Waals surface area contributed by atoms with Gasteiger partial charge in [-0.25, -0.2) is 4.79 Å². The summed E-state index contributed by atoms with van der Waals surface area (Å²) in [6, 6.07) is 20.5. The number of hydrogen-bond donors (Lipinski definition) is 2. The second-order valence-corrected chi connectivity index (χ2v) is 11.1. The molecule has 2 N–H and O–H groups in total. The van der Waals surface area contributed by atoms with Crippen LogP contribution in [0.4, 0.5) is 0 Å². The highest BCUT2D eigenvalue weighted by Gasteiger charge is 2.23. The third-order valence-corrected chi connectivity index (χ3v) is 7.81. The van der Waals surface area contributed by atoms with E-state index in [1.54, 1.807) is 17.8 Å². The minimum atomic E-state index is -1.03. The maximum atomic E-state index is 13.3. The summed E-state index contributed by atoms with van der Waals surface area (Å²) in [4.78, 5) is 25.1. The normalized spacial score (nSPS) is 12.6. The summed E-state index contributed by atoms with van der Waals surface area (Å²) in [6.45, 7) is 5.11. The summed E-state index contributed by atoms with van der Waals surface area (Å²) in [6.07, 6.45) is 5.46. The summed E-state index contributed by atoms with van der Waals surface area (Å²) in [5.41, 5.74) is 5.21. The maximum absolute atomic E-state index is 13.3. The second kappa shape index (κ2) is 15.7. The van der Waals surface area contributed by atoms with Crippen LogP contribution >= 0.6 is 23.4 Å². The first-order chi connectivity index (χ1) is 18.8. The second-order valence-electron chi connectivity index (χ2n) is 9.72. The van der Waals surface area contributed by atoms with Crippen LogP contribution in [0.2, 0.25) is 5.02 Å². The van der Waals surface area contributed by atoms with Gasteiger partial charge >= 0.3 is 5.97 Å². The fourth-order valence-electron chi connectivity index (χ4n) is 4.61.